The monoisotopic (exact) mass is 412 g/mol. The Kier molecular flexibility index (Phi) is 6.92. The fourth-order valence-electron chi connectivity index (χ4n) is 2.35. The molecule has 10 heteroatoms. The van der Waals surface area contributed by atoms with E-state index in [1.54, 1.807) is 0 Å². The van der Waals surface area contributed by atoms with Crippen LogP contribution in [0.3, 0.4) is 0 Å². The number of esters is 1. The summed E-state index contributed by atoms with van der Waals surface area (Å²) in [6, 6.07) is 8.31. The molecule has 0 saturated heterocycles. The molecule has 0 unspecified atom stereocenters. The van der Waals surface area contributed by atoms with E-state index in [0.717, 1.165) is 35.2 Å². The molecule has 0 aliphatic carbocycles. The Morgan fingerprint density at radius 2 is 1.69 bits per heavy atom. The Labute approximate surface area is 162 Å². The van der Waals surface area contributed by atoms with Crippen LogP contribution in [0.1, 0.15) is 22.3 Å². The van der Waals surface area contributed by atoms with E-state index in [2.05, 4.69) is 0 Å². The minimum atomic E-state index is -4.64. The molecule has 154 valence electrons. The van der Waals surface area contributed by atoms with Gasteiger partial charge in [-0.3, -0.25) is 9.59 Å². The van der Waals surface area contributed by atoms with Crippen LogP contribution in [0.5, 0.6) is 0 Å². The first-order chi connectivity index (χ1) is 13.6. The van der Waals surface area contributed by atoms with Crippen molar-refractivity contribution in [3.05, 3.63) is 65.5 Å². The topological polar surface area (TPSA) is 89.7 Å². The zero-order valence-corrected chi connectivity index (χ0v) is 14.9. The summed E-state index contributed by atoms with van der Waals surface area (Å²) in [5.41, 5.74) is 3.89. The van der Waals surface area contributed by atoms with Crippen molar-refractivity contribution < 1.29 is 36.7 Å². The maximum atomic E-state index is 13.1. The molecule has 0 fully saturated rings. The minimum absolute atomic E-state index is 0.152. The second kappa shape index (κ2) is 9.18. The number of amides is 2. The Morgan fingerprint density at radius 1 is 1.03 bits per heavy atom. The van der Waals surface area contributed by atoms with Crippen LogP contribution < -0.4 is 10.6 Å². The van der Waals surface area contributed by atoms with Gasteiger partial charge in [0.15, 0.2) is 6.61 Å². The van der Waals surface area contributed by atoms with Crippen LogP contribution in [-0.4, -0.2) is 30.9 Å². The first-order valence-corrected chi connectivity index (χ1v) is 8.26. The zero-order chi connectivity index (χ0) is 21.6. The fourth-order valence-corrected chi connectivity index (χ4v) is 2.35. The third-order valence-corrected chi connectivity index (χ3v) is 3.77. The van der Waals surface area contributed by atoms with E-state index in [9.17, 15) is 31.9 Å². The first-order valence-electron chi connectivity index (χ1n) is 8.26. The second-order valence-corrected chi connectivity index (χ2v) is 5.89. The number of nitrogens with two attached hydrogens (primary N) is 1. The highest BCUT2D eigenvalue weighted by Gasteiger charge is 2.31. The lowest BCUT2D eigenvalue weighted by Gasteiger charge is -2.22. The summed E-state index contributed by atoms with van der Waals surface area (Å²) < 4.78 is 56.1. The number of primary amides is 1. The van der Waals surface area contributed by atoms with Gasteiger partial charge in [0.25, 0.3) is 5.91 Å². The van der Waals surface area contributed by atoms with Crippen molar-refractivity contribution >= 4 is 23.5 Å². The highest BCUT2D eigenvalue weighted by molar-refractivity contribution is 5.97. The largest absolute Gasteiger partial charge is 0.452 e. The van der Waals surface area contributed by atoms with Gasteiger partial charge in [0, 0.05) is 18.7 Å². The molecule has 0 bridgehead atoms. The molecule has 2 amide bonds. The summed E-state index contributed by atoms with van der Waals surface area (Å²) in [7, 11) is 0. The van der Waals surface area contributed by atoms with E-state index in [-0.39, 0.29) is 24.2 Å². The molecule has 0 aromatic heterocycles. The molecular weight excluding hydrogens is 396 g/mol. The number of carbonyl (C=O) groups is 3. The van der Waals surface area contributed by atoms with E-state index < -0.39 is 41.9 Å². The predicted octanol–water partition coefficient (Wildman–Crippen LogP) is 2.91. The van der Waals surface area contributed by atoms with E-state index >= 15 is 0 Å². The number of hydrogen-bond acceptors (Lipinski definition) is 4. The average Bonchev–Trinajstić information content (AvgIpc) is 2.66. The van der Waals surface area contributed by atoms with Crippen molar-refractivity contribution in [1.82, 2.24) is 0 Å². The highest BCUT2D eigenvalue weighted by Crippen LogP contribution is 2.29. The summed E-state index contributed by atoms with van der Waals surface area (Å²) in [4.78, 5) is 36.5. The molecule has 2 aromatic rings. The van der Waals surface area contributed by atoms with Crippen LogP contribution in [0.2, 0.25) is 0 Å². The van der Waals surface area contributed by atoms with Crippen LogP contribution in [0.25, 0.3) is 0 Å². The molecule has 6 nitrogen and oxygen atoms in total. The summed E-state index contributed by atoms with van der Waals surface area (Å²) in [5.74, 6) is -3.13. The highest BCUT2D eigenvalue weighted by atomic mass is 19.4. The Balaban J connectivity index is 2.10. The number of ether oxygens (including phenoxy) is 1. The van der Waals surface area contributed by atoms with Crippen LogP contribution in [-0.2, 0) is 20.5 Å². The smallest absolute Gasteiger partial charge is 0.416 e. The lowest BCUT2D eigenvalue weighted by molar-refractivity contribution is -0.137. The quantitative estimate of drug-likeness (QED) is 0.559. The van der Waals surface area contributed by atoms with Gasteiger partial charge in [-0.25, -0.2) is 9.18 Å². The van der Waals surface area contributed by atoms with Gasteiger partial charge in [0.1, 0.15) is 5.82 Å². The van der Waals surface area contributed by atoms with E-state index in [0.29, 0.717) is 6.07 Å². The van der Waals surface area contributed by atoms with Gasteiger partial charge in [-0.1, -0.05) is 6.07 Å². The molecule has 0 aliphatic heterocycles. The molecule has 0 atom stereocenters. The number of carbonyl (C=O) groups excluding carboxylic acids is 3. The molecule has 29 heavy (non-hydrogen) atoms. The average molecular weight is 412 g/mol. The van der Waals surface area contributed by atoms with Crippen LogP contribution >= 0.6 is 0 Å². The van der Waals surface area contributed by atoms with Crippen molar-refractivity contribution in [2.45, 2.75) is 12.6 Å². The van der Waals surface area contributed by atoms with Crippen molar-refractivity contribution in [2.75, 3.05) is 18.1 Å². The van der Waals surface area contributed by atoms with Gasteiger partial charge < -0.3 is 15.4 Å². The van der Waals surface area contributed by atoms with Gasteiger partial charge in [0.2, 0.25) is 5.91 Å². The van der Waals surface area contributed by atoms with Gasteiger partial charge in [-0.05, 0) is 42.5 Å². The van der Waals surface area contributed by atoms with Gasteiger partial charge in [0.05, 0.1) is 11.1 Å². The maximum Gasteiger partial charge on any atom is 0.416 e. The first kappa shape index (κ1) is 21.9. The number of anilines is 1. The number of rotatable bonds is 7. The second-order valence-electron chi connectivity index (χ2n) is 5.89. The SMILES string of the molecule is NC(=O)CCN(C(=O)COC(=O)c1cccc(C(F)(F)F)c1)c1ccc(F)cc1. The minimum Gasteiger partial charge on any atom is -0.452 e. The third-order valence-electron chi connectivity index (χ3n) is 3.77. The van der Waals surface area contributed by atoms with Gasteiger partial charge in [-0.15, -0.1) is 0 Å². The number of alkyl halides is 3. The number of halogens is 4. The number of benzene rings is 2. The van der Waals surface area contributed by atoms with Gasteiger partial charge in [-0.2, -0.15) is 13.2 Å². The lowest BCUT2D eigenvalue weighted by atomic mass is 10.1. The molecule has 0 spiro atoms. The van der Waals surface area contributed by atoms with Crippen LogP contribution in [0.4, 0.5) is 23.2 Å². The van der Waals surface area contributed by atoms with E-state index in [1.807, 2.05) is 0 Å². The summed E-state index contributed by atoms with van der Waals surface area (Å²) in [5, 5.41) is 0. The number of nitrogens with zero attached hydrogens (tertiary/aromatic N) is 1. The zero-order valence-electron chi connectivity index (χ0n) is 14.9. The molecule has 0 aliphatic rings. The standard InChI is InChI=1S/C19H16F4N2O4/c20-14-4-6-15(7-5-14)25(9-8-16(24)26)17(27)11-29-18(28)12-2-1-3-13(10-12)19(21,22)23/h1-7,10H,8-9,11H2,(H2,24,26). The molecule has 0 heterocycles. The number of hydrogen-bond donors (Lipinski definition) is 1. The van der Waals surface area contributed by atoms with Crippen molar-refractivity contribution in [3.8, 4) is 0 Å². The van der Waals surface area contributed by atoms with E-state index in [1.165, 1.54) is 12.1 Å². The Hall–Kier alpha value is -3.43. The summed E-state index contributed by atoms with van der Waals surface area (Å²) in [6.07, 6.45) is -4.84. The lowest BCUT2D eigenvalue weighted by Crippen LogP contribution is -2.37. The third kappa shape index (κ3) is 6.30. The van der Waals surface area contributed by atoms with Gasteiger partial charge >= 0.3 is 12.1 Å². The Bertz CT molecular complexity index is 898. The molecular formula is C19H16F4N2O4. The molecule has 0 saturated carbocycles. The van der Waals surface area contributed by atoms with Crippen molar-refractivity contribution in [1.29, 1.82) is 0 Å². The maximum absolute atomic E-state index is 13.1. The van der Waals surface area contributed by atoms with Crippen LogP contribution in [0.15, 0.2) is 48.5 Å². The molecule has 0 radical (unpaired) electrons. The van der Waals surface area contributed by atoms with Crippen molar-refractivity contribution in [2.24, 2.45) is 5.73 Å². The fraction of sp³-hybridized carbons (Fsp3) is 0.211. The van der Waals surface area contributed by atoms with E-state index in [4.69, 9.17) is 10.5 Å². The Morgan fingerprint density at radius 3 is 2.28 bits per heavy atom. The van der Waals surface area contributed by atoms with Crippen LogP contribution in [0, 0.1) is 5.82 Å². The molecule has 2 rings (SSSR count). The van der Waals surface area contributed by atoms with Crippen molar-refractivity contribution in [3.63, 3.8) is 0 Å². The normalized spacial score (nSPS) is 11.0. The molecule has 2 N–H and O–H groups in total. The summed E-state index contributed by atoms with van der Waals surface area (Å²) in [6.45, 7) is -0.952. The summed E-state index contributed by atoms with van der Waals surface area (Å²) >= 11 is 0. The predicted molar refractivity (Wildman–Crippen MR) is 94.3 cm³/mol. The molecule has 2 aromatic carbocycles.